The van der Waals surface area contributed by atoms with Gasteiger partial charge in [-0.05, 0) is 51.0 Å². The largest absolute Gasteiger partial charge is 0.378 e. The van der Waals surface area contributed by atoms with Crippen LogP contribution in [0.25, 0.3) is 0 Å². The van der Waals surface area contributed by atoms with E-state index < -0.39 is 0 Å². The third-order valence-electron chi connectivity index (χ3n) is 4.63. The highest BCUT2D eigenvalue weighted by atomic mass is 16.5. The fourth-order valence-corrected chi connectivity index (χ4v) is 3.31. The first-order chi connectivity index (χ1) is 10.3. The molecule has 3 heterocycles. The molecule has 0 radical (unpaired) electrons. The van der Waals surface area contributed by atoms with Crippen LogP contribution in [0.15, 0.2) is 0 Å². The Morgan fingerprint density at radius 1 is 1.29 bits per heavy atom. The van der Waals surface area contributed by atoms with Gasteiger partial charge in [0.05, 0.1) is 6.10 Å². The molecular weight excluding hydrogens is 266 g/mol. The molecule has 0 aliphatic carbocycles. The fraction of sp³-hybridized carbons (Fsp3) is 0.867. The van der Waals surface area contributed by atoms with Gasteiger partial charge >= 0.3 is 0 Å². The Morgan fingerprint density at radius 2 is 2.24 bits per heavy atom. The molecule has 0 bridgehead atoms. The first kappa shape index (κ1) is 14.8. The van der Waals surface area contributed by atoms with E-state index >= 15 is 0 Å². The molecular formula is C15H27N5O. The third-order valence-corrected chi connectivity index (χ3v) is 4.63. The summed E-state index contributed by atoms with van der Waals surface area (Å²) >= 11 is 0. The zero-order valence-electron chi connectivity index (χ0n) is 12.8. The summed E-state index contributed by atoms with van der Waals surface area (Å²) in [5, 5.41) is 7.47. The van der Waals surface area contributed by atoms with Gasteiger partial charge in [-0.2, -0.15) is 4.98 Å². The molecule has 21 heavy (non-hydrogen) atoms. The van der Waals surface area contributed by atoms with Crippen molar-refractivity contribution in [3.8, 4) is 0 Å². The summed E-state index contributed by atoms with van der Waals surface area (Å²) in [6.07, 6.45) is 8.46. The maximum absolute atomic E-state index is 5.79. The molecule has 1 aromatic heterocycles. The third kappa shape index (κ3) is 3.95. The highest BCUT2D eigenvalue weighted by Gasteiger charge is 2.22. The van der Waals surface area contributed by atoms with Crippen molar-refractivity contribution >= 4 is 5.95 Å². The number of ether oxygens (including phenoxy) is 1. The lowest BCUT2D eigenvalue weighted by atomic mass is 9.99. The number of hydrogen-bond acceptors (Lipinski definition) is 5. The number of aromatic nitrogens is 3. The Morgan fingerprint density at radius 3 is 3.05 bits per heavy atom. The molecule has 2 aliphatic heterocycles. The van der Waals surface area contributed by atoms with Crippen molar-refractivity contribution in [3.63, 3.8) is 0 Å². The van der Waals surface area contributed by atoms with Crippen molar-refractivity contribution in [1.29, 1.82) is 0 Å². The maximum atomic E-state index is 5.79. The van der Waals surface area contributed by atoms with E-state index in [4.69, 9.17) is 10.5 Å². The van der Waals surface area contributed by atoms with E-state index in [1.54, 1.807) is 0 Å². The number of nitrogens with one attached hydrogen (secondary N) is 1. The molecule has 2 atom stereocenters. The molecule has 2 saturated heterocycles. The van der Waals surface area contributed by atoms with Gasteiger partial charge in [0.25, 0.3) is 0 Å². The number of H-pyrrole nitrogens is 1. The molecule has 3 N–H and O–H groups in total. The van der Waals surface area contributed by atoms with Crippen LogP contribution >= 0.6 is 0 Å². The highest BCUT2D eigenvalue weighted by Crippen LogP contribution is 2.21. The Balaban J connectivity index is 1.50. The van der Waals surface area contributed by atoms with Crippen LogP contribution in [0.1, 0.15) is 44.3 Å². The predicted octanol–water partition coefficient (Wildman–Crippen LogP) is 1.48. The van der Waals surface area contributed by atoms with Crippen LogP contribution in [0.2, 0.25) is 0 Å². The number of rotatable bonds is 5. The zero-order valence-corrected chi connectivity index (χ0v) is 12.8. The van der Waals surface area contributed by atoms with Gasteiger partial charge in [-0.3, -0.25) is 5.10 Å². The molecule has 118 valence electrons. The van der Waals surface area contributed by atoms with E-state index in [1.807, 2.05) is 0 Å². The fourth-order valence-electron chi connectivity index (χ4n) is 3.31. The molecule has 2 aliphatic rings. The minimum atomic E-state index is 0.406. The first-order valence-corrected chi connectivity index (χ1v) is 8.33. The summed E-state index contributed by atoms with van der Waals surface area (Å²) in [5.41, 5.74) is 5.79. The van der Waals surface area contributed by atoms with E-state index in [1.165, 1.54) is 32.1 Å². The van der Waals surface area contributed by atoms with E-state index in [2.05, 4.69) is 20.1 Å². The number of nitrogens with two attached hydrogens (primary N) is 1. The molecule has 0 amide bonds. The van der Waals surface area contributed by atoms with Crippen LogP contribution in [0.3, 0.4) is 0 Å². The molecule has 3 rings (SSSR count). The average molecular weight is 293 g/mol. The van der Waals surface area contributed by atoms with Gasteiger partial charge in [-0.15, -0.1) is 5.10 Å². The average Bonchev–Trinajstić information content (AvgIpc) is 3.03. The molecule has 1 aromatic rings. The van der Waals surface area contributed by atoms with Crippen molar-refractivity contribution in [2.75, 3.05) is 31.1 Å². The van der Waals surface area contributed by atoms with Gasteiger partial charge in [-0.1, -0.05) is 0 Å². The van der Waals surface area contributed by atoms with Crippen molar-refractivity contribution in [2.24, 2.45) is 11.7 Å². The molecule has 6 heteroatoms. The van der Waals surface area contributed by atoms with Gasteiger partial charge in [0.2, 0.25) is 5.95 Å². The number of aryl methyl sites for hydroxylation is 1. The van der Waals surface area contributed by atoms with Crippen LogP contribution in [0, 0.1) is 5.92 Å². The van der Waals surface area contributed by atoms with Crippen molar-refractivity contribution in [2.45, 2.75) is 51.0 Å². The quantitative estimate of drug-likeness (QED) is 0.859. The Bertz CT molecular complexity index is 429. The van der Waals surface area contributed by atoms with E-state index in [0.717, 1.165) is 50.9 Å². The van der Waals surface area contributed by atoms with Crippen LogP contribution in [-0.2, 0) is 11.2 Å². The SMILES string of the molecule is NCC1CCCN(c2n[nH]c(CCC3CCCCO3)n2)C1. The minimum absolute atomic E-state index is 0.406. The van der Waals surface area contributed by atoms with E-state index in [9.17, 15) is 0 Å². The second-order valence-electron chi connectivity index (χ2n) is 6.30. The highest BCUT2D eigenvalue weighted by molar-refractivity contribution is 5.29. The summed E-state index contributed by atoms with van der Waals surface area (Å²) in [7, 11) is 0. The molecule has 6 nitrogen and oxygen atoms in total. The van der Waals surface area contributed by atoms with Crippen molar-refractivity contribution in [3.05, 3.63) is 5.82 Å². The van der Waals surface area contributed by atoms with Gasteiger partial charge in [0.1, 0.15) is 5.82 Å². The lowest BCUT2D eigenvalue weighted by molar-refractivity contribution is 0.0112. The molecule has 2 unspecified atom stereocenters. The van der Waals surface area contributed by atoms with Gasteiger partial charge in [0.15, 0.2) is 0 Å². The number of piperidine rings is 1. The van der Waals surface area contributed by atoms with E-state index in [-0.39, 0.29) is 0 Å². The zero-order chi connectivity index (χ0) is 14.5. The van der Waals surface area contributed by atoms with Crippen molar-refractivity contribution < 1.29 is 4.74 Å². The number of aromatic amines is 1. The first-order valence-electron chi connectivity index (χ1n) is 8.33. The van der Waals surface area contributed by atoms with Gasteiger partial charge < -0.3 is 15.4 Å². The summed E-state index contributed by atoms with van der Waals surface area (Å²) in [5.74, 6) is 2.40. The molecule has 2 fully saturated rings. The predicted molar refractivity (Wildman–Crippen MR) is 82.3 cm³/mol. The maximum Gasteiger partial charge on any atom is 0.244 e. The Kier molecular flexibility index (Phi) is 5.08. The number of nitrogens with zero attached hydrogens (tertiary/aromatic N) is 3. The smallest absolute Gasteiger partial charge is 0.244 e. The second-order valence-corrected chi connectivity index (χ2v) is 6.30. The molecule has 0 aromatic carbocycles. The second kappa shape index (κ2) is 7.22. The van der Waals surface area contributed by atoms with Crippen LogP contribution in [0.4, 0.5) is 5.95 Å². The number of anilines is 1. The van der Waals surface area contributed by atoms with Gasteiger partial charge in [-0.25, -0.2) is 0 Å². The normalized spacial score (nSPS) is 27.0. The lowest BCUT2D eigenvalue weighted by Crippen LogP contribution is -2.39. The summed E-state index contributed by atoms with van der Waals surface area (Å²) in [6, 6.07) is 0. The number of hydrogen-bond donors (Lipinski definition) is 2. The topological polar surface area (TPSA) is 80.1 Å². The Hall–Kier alpha value is -1.14. The molecule has 0 saturated carbocycles. The van der Waals surface area contributed by atoms with Crippen molar-refractivity contribution in [1.82, 2.24) is 15.2 Å². The summed E-state index contributed by atoms with van der Waals surface area (Å²) in [6.45, 7) is 3.70. The van der Waals surface area contributed by atoms with E-state index in [0.29, 0.717) is 12.0 Å². The monoisotopic (exact) mass is 293 g/mol. The lowest BCUT2D eigenvalue weighted by Gasteiger charge is -2.31. The van der Waals surface area contributed by atoms with Gasteiger partial charge in [0, 0.05) is 26.1 Å². The van der Waals surface area contributed by atoms with Crippen LogP contribution < -0.4 is 10.6 Å². The van der Waals surface area contributed by atoms with Crippen LogP contribution in [-0.4, -0.2) is 47.5 Å². The molecule has 0 spiro atoms. The standard InChI is InChI=1S/C15H27N5O/c16-10-12-4-3-8-20(11-12)15-17-14(18-19-15)7-6-13-5-1-2-9-21-13/h12-13H,1-11,16H2,(H,17,18,19). The Labute approximate surface area is 126 Å². The summed E-state index contributed by atoms with van der Waals surface area (Å²) < 4.78 is 5.77. The summed E-state index contributed by atoms with van der Waals surface area (Å²) in [4.78, 5) is 6.91. The van der Waals surface area contributed by atoms with Crippen LogP contribution in [0.5, 0.6) is 0 Å². The minimum Gasteiger partial charge on any atom is -0.378 e.